The van der Waals surface area contributed by atoms with Crippen LogP contribution in [0.3, 0.4) is 0 Å². The molecule has 2 aromatic carbocycles. The van der Waals surface area contributed by atoms with Gasteiger partial charge in [0.25, 0.3) is 0 Å². The maximum absolute atomic E-state index is 5.41. The topological polar surface area (TPSA) is 46.3 Å². The minimum Gasteiger partial charge on any atom is -0.493 e. The van der Waals surface area contributed by atoms with Crippen molar-refractivity contribution in [3.8, 4) is 22.8 Å². The van der Waals surface area contributed by atoms with Crippen molar-refractivity contribution in [3.63, 3.8) is 0 Å². The molecule has 0 aliphatic heterocycles. The summed E-state index contributed by atoms with van der Waals surface area (Å²) in [6.45, 7) is 2.96. The summed E-state index contributed by atoms with van der Waals surface area (Å²) < 4.78 is 10.7. The molecule has 0 fully saturated rings. The van der Waals surface area contributed by atoms with Gasteiger partial charge in [-0.05, 0) is 31.2 Å². The summed E-state index contributed by atoms with van der Waals surface area (Å²) in [7, 11) is 3.29. The minimum atomic E-state index is 0.723. The van der Waals surface area contributed by atoms with Gasteiger partial charge >= 0.3 is 0 Å². The molecule has 1 heterocycles. The first-order valence-electron chi connectivity index (χ1n) is 7.35. The summed E-state index contributed by atoms with van der Waals surface area (Å²) >= 11 is 0. The van der Waals surface area contributed by atoms with Crippen LogP contribution in [-0.4, -0.2) is 25.7 Å². The number of fused-ring (bicyclic) bond motifs is 1. The number of nitrogens with one attached hydrogen (secondary N) is 2. The van der Waals surface area contributed by atoms with Crippen LogP contribution in [0.25, 0.3) is 22.2 Å². The molecule has 0 bridgehead atoms. The standard InChI is InChI=1S/C18H20N2O2/c1-4-19-18-13-7-5-6-8-14(13)20-17(18)12-9-10-15(21-2)16(11-12)22-3/h5-11,19-20H,4H2,1-3H3. The number of H-pyrrole nitrogens is 1. The molecule has 0 unspecified atom stereocenters. The summed E-state index contributed by atoms with van der Waals surface area (Å²) in [4.78, 5) is 3.50. The molecule has 0 spiro atoms. The Morgan fingerprint density at radius 1 is 1.00 bits per heavy atom. The first-order valence-corrected chi connectivity index (χ1v) is 7.35. The fraction of sp³-hybridized carbons (Fsp3) is 0.222. The maximum atomic E-state index is 5.41. The molecule has 4 heteroatoms. The summed E-state index contributed by atoms with van der Waals surface area (Å²) in [5.74, 6) is 1.45. The number of aromatic nitrogens is 1. The van der Waals surface area contributed by atoms with Gasteiger partial charge < -0.3 is 19.8 Å². The third kappa shape index (κ3) is 2.37. The lowest BCUT2D eigenvalue weighted by molar-refractivity contribution is 0.355. The molecule has 22 heavy (non-hydrogen) atoms. The Labute approximate surface area is 130 Å². The predicted molar refractivity (Wildman–Crippen MR) is 91.0 cm³/mol. The van der Waals surface area contributed by atoms with E-state index >= 15 is 0 Å². The first kappa shape index (κ1) is 14.3. The Balaban J connectivity index is 2.19. The number of aromatic amines is 1. The molecule has 0 aliphatic carbocycles. The quantitative estimate of drug-likeness (QED) is 0.738. The van der Waals surface area contributed by atoms with Crippen molar-refractivity contribution in [2.45, 2.75) is 6.92 Å². The zero-order valence-corrected chi connectivity index (χ0v) is 13.1. The normalized spacial score (nSPS) is 10.7. The van der Waals surface area contributed by atoms with Crippen molar-refractivity contribution in [1.29, 1.82) is 0 Å². The van der Waals surface area contributed by atoms with Crippen molar-refractivity contribution < 1.29 is 9.47 Å². The minimum absolute atomic E-state index is 0.723. The molecule has 0 radical (unpaired) electrons. The van der Waals surface area contributed by atoms with Gasteiger partial charge in [-0.2, -0.15) is 0 Å². The van der Waals surface area contributed by atoms with Crippen LogP contribution in [0.4, 0.5) is 5.69 Å². The molecule has 0 saturated carbocycles. The Morgan fingerprint density at radius 2 is 1.77 bits per heavy atom. The van der Waals surface area contributed by atoms with Crippen molar-refractivity contribution in [2.75, 3.05) is 26.1 Å². The number of ether oxygens (including phenoxy) is 2. The van der Waals surface area contributed by atoms with Crippen LogP contribution in [0.5, 0.6) is 11.5 Å². The Morgan fingerprint density at radius 3 is 2.50 bits per heavy atom. The van der Waals surface area contributed by atoms with Gasteiger partial charge in [-0.15, -0.1) is 0 Å². The van der Waals surface area contributed by atoms with E-state index in [1.807, 2.05) is 24.3 Å². The maximum Gasteiger partial charge on any atom is 0.161 e. The van der Waals surface area contributed by atoms with Crippen LogP contribution in [0, 0.1) is 0 Å². The second kappa shape index (κ2) is 6.02. The molecule has 0 amide bonds. The molecule has 0 saturated heterocycles. The molecule has 3 rings (SSSR count). The largest absolute Gasteiger partial charge is 0.493 e. The molecular formula is C18H20N2O2. The van der Waals surface area contributed by atoms with Crippen LogP contribution >= 0.6 is 0 Å². The van der Waals surface area contributed by atoms with Gasteiger partial charge in [-0.3, -0.25) is 0 Å². The molecule has 3 aromatic rings. The van der Waals surface area contributed by atoms with E-state index in [4.69, 9.17) is 9.47 Å². The number of para-hydroxylation sites is 1. The molecule has 4 nitrogen and oxygen atoms in total. The highest BCUT2D eigenvalue weighted by molar-refractivity contribution is 6.01. The van der Waals surface area contributed by atoms with Gasteiger partial charge in [-0.1, -0.05) is 18.2 Å². The van der Waals surface area contributed by atoms with Crippen molar-refractivity contribution >= 4 is 16.6 Å². The van der Waals surface area contributed by atoms with E-state index in [0.717, 1.165) is 40.5 Å². The van der Waals surface area contributed by atoms with E-state index in [-0.39, 0.29) is 0 Å². The smallest absolute Gasteiger partial charge is 0.161 e. The highest BCUT2D eigenvalue weighted by atomic mass is 16.5. The number of hydrogen-bond donors (Lipinski definition) is 2. The SMILES string of the molecule is CCNc1c(-c2ccc(OC)c(OC)c2)[nH]c2ccccc12. The van der Waals surface area contributed by atoms with Gasteiger partial charge in [0, 0.05) is 23.0 Å². The average molecular weight is 296 g/mol. The second-order valence-corrected chi connectivity index (χ2v) is 5.02. The van der Waals surface area contributed by atoms with Gasteiger partial charge in [-0.25, -0.2) is 0 Å². The van der Waals surface area contributed by atoms with Crippen LogP contribution in [0.2, 0.25) is 0 Å². The van der Waals surface area contributed by atoms with E-state index in [9.17, 15) is 0 Å². The number of rotatable bonds is 5. The van der Waals surface area contributed by atoms with Crippen molar-refractivity contribution in [1.82, 2.24) is 4.98 Å². The highest BCUT2D eigenvalue weighted by Crippen LogP contribution is 2.38. The van der Waals surface area contributed by atoms with Crippen LogP contribution in [0.15, 0.2) is 42.5 Å². The van der Waals surface area contributed by atoms with Gasteiger partial charge in [0.15, 0.2) is 11.5 Å². The lowest BCUT2D eigenvalue weighted by atomic mass is 10.1. The molecule has 114 valence electrons. The summed E-state index contributed by atoms with van der Waals surface area (Å²) in [6, 6.07) is 14.2. The van der Waals surface area contributed by atoms with Crippen LogP contribution in [-0.2, 0) is 0 Å². The summed E-state index contributed by atoms with van der Waals surface area (Å²) in [5.41, 5.74) is 4.35. The van der Waals surface area contributed by atoms with Gasteiger partial charge in [0.1, 0.15) is 0 Å². The Hall–Kier alpha value is -2.62. The monoisotopic (exact) mass is 296 g/mol. The fourth-order valence-electron chi connectivity index (χ4n) is 2.71. The zero-order valence-electron chi connectivity index (χ0n) is 13.1. The zero-order chi connectivity index (χ0) is 15.5. The van der Waals surface area contributed by atoms with Crippen molar-refractivity contribution in [3.05, 3.63) is 42.5 Å². The Kier molecular flexibility index (Phi) is 3.92. The van der Waals surface area contributed by atoms with E-state index in [0.29, 0.717) is 0 Å². The number of hydrogen-bond acceptors (Lipinski definition) is 3. The van der Waals surface area contributed by atoms with E-state index in [1.165, 1.54) is 5.39 Å². The molecular weight excluding hydrogens is 276 g/mol. The molecule has 1 aromatic heterocycles. The third-order valence-corrected chi connectivity index (χ3v) is 3.73. The lowest BCUT2D eigenvalue weighted by Crippen LogP contribution is -1.97. The second-order valence-electron chi connectivity index (χ2n) is 5.02. The molecule has 0 atom stereocenters. The van der Waals surface area contributed by atoms with E-state index < -0.39 is 0 Å². The van der Waals surface area contributed by atoms with Gasteiger partial charge in [0.2, 0.25) is 0 Å². The Bertz CT molecular complexity index is 793. The lowest BCUT2D eigenvalue weighted by Gasteiger charge is -2.11. The number of anilines is 1. The van der Waals surface area contributed by atoms with Crippen LogP contribution in [0.1, 0.15) is 6.92 Å². The van der Waals surface area contributed by atoms with Gasteiger partial charge in [0.05, 0.1) is 25.6 Å². The fourth-order valence-corrected chi connectivity index (χ4v) is 2.71. The molecule has 0 aliphatic rings. The predicted octanol–water partition coefficient (Wildman–Crippen LogP) is 4.28. The molecule has 2 N–H and O–H groups in total. The number of benzene rings is 2. The summed E-state index contributed by atoms with van der Waals surface area (Å²) in [6.07, 6.45) is 0. The highest BCUT2D eigenvalue weighted by Gasteiger charge is 2.14. The third-order valence-electron chi connectivity index (χ3n) is 3.73. The number of methoxy groups -OCH3 is 2. The van der Waals surface area contributed by atoms with Crippen molar-refractivity contribution in [2.24, 2.45) is 0 Å². The summed E-state index contributed by atoms with van der Waals surface area (Å²) in [5, 5.41) is 4.65. The van der Waals surface area contributed by atoms with E-state index in [2.05, 4.69) is 35.4 Å². The van der Waals surface area contributed by atoms with Crippen LogP contribution < -0.4 is 14.8 Å². The average Bonchev–Trinajstić information content (AvgIpc) is 2.93. The first-order chi connectivity index (χ1) is 10.8. The van der Waals surface area contributed by atoms with E-state index in [1.54, 1.807) is 14.2 Å².